The Morgan fingerprint density at radius 2 is 2.09 bits per heavy atom. The minimum absolute atomic E-state index is 0.109. The quantitative estimate of drug-likeness (QED) is 0.831. The number of nitrogens with one attached hydrogen (secondary N) is 1. The van der Waals surface area contributed by atoms with Crippen LogP contribution in [-0.4, -0.2) is 52.9 Å². The number of morpholine rings is 1. The van der Waals surface area contributed by atoms with E-state index in [0.717, 1.165) is 38.3 Å². The molecule has 6 nitrogen and oxygen atoms in total. The summed E-state index contributed by atoms with van der Waals surface area (Å²) in [6, 6.07) is 0.775. The Bertz CT molecular complexity index is 466. The molecule has 0 aliphatic carbocycles. The van der Waals surface area contributed by atoms with E-state index in [0.29, 0.717) is 25.0 Å². The van der Waals surface area contributed by atoms with Gasteiger partial charge < -0.3 is 10.1 Å². The molecule has 0 spiro atoms. The fourth-order valence-corrected chi connectivity index (χ4v) is 2.58. The molecule has 0 radical (unpaired) electrons. The summed E-state index contributed by atoms with van der Waals surface area (Å²) in [4.78, 5) is 14.4. The standard InChI is InChI=1S/C16H28N4O2/c1-13(2)20-12-15(11-18-20)10-17-16(21)5-4-14(3)19-6-8-22-9-7-19/h11-14H,4-10H2,1-3H3,(H,17,21). The predicted octanol–water partition coefficient (Wildman–Crippen LogP) is 1.58. The third-order valence-corrected chi connectivity index (χ3v) is 4.13. The number of hydrogen-bond donors (Lipinski definition) is 1. The molecule has 0 saturated carbocycles. The number of carbonyl (C=O) groups is 1. The highest BCUT2D eigenvalue weighted by Gasteiger charge is 2.17. The first-order chi connectivity index (χ1) is 10.6. The largest absolute Gasteiger partial charge is 0.379 e. The molecule has 1 unspecified atom stereocenters. The van der Waals surface area contributed by atoms with Crippen molar-refractivity contribution in [2.45, 2.75) is 52.2 Å². The summed E-state index contributed by atoms with van der Waals surface area (Å²) in [5.74, 6) is 0.109. The molecule has 1 N–H and O–H groups in total. The van der Waals surface area contributed by atoms with Gasteiger partial charge in [0.05, 0.1) is 19.4 Å². The summed E-state index contributed by atoms with van der Waals surface area (Å²) in [6.07, 6.45) is 5.26. The van der Waals surface area contributed by atoms with Crippen molar-refractivity contribution >= 4 is 5.91 Å². The zero-order valence-electron chi connectivity index (χ0n) is 13.9. The van der Waals surface area contributed by atoms with Gasteiger partial charge in [-0.05, 0) is 27.2 Å². The lowest BCUT2D eigenvalue weighted by atomic mass is 10.1. The van der Waals surface area contributed by atoms with Crippen LogP contribution in [0.4, 0.5) is 0 Å². The monoisotopic (exact) mass is 308 g/mol. The average Bonchev–Trinajstić information content (AvgIpc) is 3.00. The van der Waals surface area contributed by atoms with Crippen LogP contribution < -0.4 is 5.32 Å². The lowest BCUT2D eigenvalue weighted by molar-refractivity contribution is -0.121. The van der Waals surface area contributed by atoms with E-state index in [4.69, 9.17) is 4.74 Å². The summed E-state index contributed by atoms with van der Waals surface area (Å²) in [5, 5.41) is 7.25. The van der Waals surface area contributed by atoms with Crippen molar-refractivity contribution in [1.82, 2.24) is 20.0 Å². The maximum absolute atomic E-state index is 12.0. The molecule has 1 atom stereocenters. The normalized spacial score (nSPS) is 17.6. The van der Waals surface area contributed by atoms with Crippen molar-refractivity contribution in [2.24, 2.45) is 0 Å². The maximum atomic E-state index is 12.0. The van der Waals surface area contributed by atoms with E-state index < -0.39 is 0 Å². The van der Waals surface area contributed by atoms with Gasteiger partial charge in [0.2, 0.25) is 5.91 Å². The number of carbonyl (C=O) groups excluding carboxylic acids is 1. The van der Waals surface area contributed by atoms with E-state index in [1.165, 1.54) is 0 Å². The van der Waals surface area contributed by atoms with Crippen molar-refractivity contribution in [3.05, 3.63) is 18.0 Å². The highest BCUT2D eigenvalue weighted by Crippen LogP contribution is 2.09. The van der Waals surface area contributed by atoms with Gasteiger partial charge in [0.1, 0.15) is 0 Å². The summed E-state index contributed by atoms with van der Waals surface area (Å²) in [6.45, 7) is 10.5. The summed E-state index contributed by atoms with van der Waals surface area (Å²) >= 11 is 0. The highest BCUT2D eigenvalue weighted by molar-refractivity contribution is 5.75. The van der Waals surface area contributed by atoms with Gasteiger partial charge in [0.25, 0.3) is 0 Å². The van der Waals surface area contributed by atoms with Crippen LogP contribution in [0.1, 0.15) is 45.2 Å². The topological polar surface area (TPSA) is 59.4 Å². The molecule has 1 aromatic heterocycles. The molecule has 1 aliphatic rings. The second-order valence-corrected chi connectivity index (χ2v) is 6.24. The van der Waals surface area contributed by atoms with E-state index in [1.807, 2.05) is 17.1 Å². The zero-order chi connectivity index (χ0) is 15.9. The number of aromatic nitrogens is 2. The van der Waals surface area contributed by atoms with Gasteiger partial charge in [-0.3, -0.25) is 14.4 Å². The van der Waals surface area contributed by atoms with E-state index in [-0.39, 0.29) is 5.91 Å². The van der Waals surface area contributed by atoms with Gasteiger partial charge in [0.15, 0.2) is 0 Å². The Kier molecular flexibility index (Phi) is 6.39. The lowest BCUT2D eigenvalue weighted by Gasteiger charge is -2.32. The zero-order valence-corrected chi connectivity index (χ0v) is 13.9. The van der Waals surface area contributed by atoms with Crippen molar-refractivity contribution < 1.29 is 9.53 Å². The first-order valence-electron chi connectivity index (χ1n) is 8.18. The molecule has 22 heavy (non-hydrogen) atoms. The molecule has 2 heterocycles. The highest BCUT2D eigenvalue weighted by atomic mass is 16.5. The number of ether oxygens (including phenoxy) is 1. The Balaban J connectivity index is 1.66. The van der Waals surface area contributed by atoms with Crippen LogP contribution in [0.5, 0.6) is 0 Å². The molecule has 1 fully saturated rings. The van der Waals surface area contributed by atoms with Crippen molar-refractivity contribution in [1.29, 1.82) is 0 Å². The van der Waals surface area contributed by atoms with Crippen LogP contribution in [0.25, 0.3) is 0 Å². The summed E-state index contributed by atoms with van der Waals surface area (Å²) in [5.41, 5.74) is 1.04. The van der Waals surface area contributed by atoms with Crippen molar-refractivity contribution in [3.63, 3.8) is 0 Å². The average molecular weight is 308 g/mol. The smallest absolute Gasteiger partial charge is 0.220 e. The molecular weight excluding hydrogens is 280 g/mol. The SMILES string of the molecule is CC(CCC(=O)NCc1cnn(C(C)C)c1)N1CCOCC1. The third kappa shape index (κ3) is 5.10. The van der Waals surface area contributed by atoms with Crippen LogP contribution in [0, 0.1) is 0 Å². The van der Waals surface area contributed by atoms with Gasteiger partial charge in [-0.25, -0.2) is 0 Å². The third-order valence-electron chi connectivity index (χ3n) is 4.13. The first-order valence-corrected chi connectivity index (χ1v) is 8.18. The van der Waals surface area contributed by atoms with Gasteiger partial charge in [0, 0.05) is 49.9 Å². The molecule has 1 aromatic rings. The Morgan fingerprint density at radius 1 is 1.36 bits per heavy atom. The fraction of sp³-hybridized carbons (Fsp3) is 0.750. The number of rotatable bonds is 7. The van der Waals surface area contributed by atoms with E-state index in [2.05, 4.69) is 36.1 Å². The summed E-state index contributed by atoms with van der Waals surface area (Å²) < 4.78 is 7.26. The molecule has 124 valence electrons. The molecular formula is C16H28N4O2. The predicted molar refractivity (Wildman–Crippen MR) is 85.5 cm³/mol. The molecule has 0 bridgehead atoms. The van der Waals surface area contributed by atoms with E-state index in [9.17, 15) is 4.79 Å². The molecule has 2 rings (SSSR count). The molecule has 0 aromatic carbocycles. The number of hydrogen-bond acceptors (Lipinski definition) is 4. The Labute approximate surface area is 132 Å². The molecule has 1 aliphatic heterocycles. The van der Waals surface area contributed by atoms with Gasteiger partial charge in [-0.15, -0.1) is 0 Å². The van der Waals surface area contributed by atoms with Crippen LogP contribution >= 0.6 is 0 Å². The first kappa shape index (κ1) is 17.0. The minimum Gasteiger partial charge on any atom is -0.379 e. The minimum atomic E-state index is 0.109. The van der Waals surface area contributed by atoms with Crippen LogP contribution in [0.3, 0.4) is 0 Å². The van der Waals surface area contributed by atoms with E-state index >= 15 is 0 Å². The fourth-order valence-electron chi connectivity index (χ4n) is 2.58. The van der Waals surface area contributed by atoms with Crippen LogP contribution in [0.2, 0.25) is 0 Å². The Morgan fingerprint density at radius 3 is 2.73 bits per heavy atom. The van der Waals surface area contributed by atoms with Crippen LogP contribution in [-0.2, 0) is 16.1 Å². The molecule has 6 heteroatoms. The summed E-state index contributed by atoms with van der Waals surface area (Å²) in [7, 11) is 0. The van der Waals surface area contributed by atoms with Gasteiger partial charge in [-0.1, -0.05) is 0 Å². The van der Waals surface area contributed by atoms with Crippen molar-refractivity contribution in [3.8, 4) is 0 Å². The van der Waals surface area contributed by atoms with Gasteiger partial charge in [-0.2, -0.15) is 5.10 Å². The number of nitrogens with zero attached hydrogens (tertiary/aromatic N) is 3. The Hall–Kier alpha value is -1.40. The number of amides is 1. The maximum Gasteiger partial charge on any atom is 0.220 e. The second-order valence-electron chi connectivity index (χ2n) is 6.24. The molecule has 1 saturated heterocycles. The molecule has 1 amide bonds. The van der Waals surface area contributed by atoms with E-state index in [1.54, 1.807) is 0 Å². The second kappa shape index (κ2) is 8.29. The van der Waals surface area contributed by atoms with Crippen LogP contribution in [0.15, 0.2) is 12.4 Å². The van der Waals surface area contributed by atoms with Crippen molar-refractivity contribution in [2.75, 3.05) is 26.3 Å². The lowest BCUT2D eigenvalue weighted by Crippen LogP contribution is -2.42. The van der Waals surface area contributed by atoms with Gasteiger partial charge >= 0.3 is 0 Å².